The van der Waals surface area contributed by atoms with Gasteiger partial charge in [0.2, 0.25) is 11.9 Å². The number of nitrogens with one attached hydrogen (secondary N) is 3. The average molecular weight is 356 g/mol. The molecule has 0 atom stereocenters. The van der Waals surface area contributed by atoms with Crippen molar-refractivity contribution in [1.82, 2.24) is 20.3 Å². The SMILES string of the molecule is CNCCCNc1nccc(-c2ccc3nc(NC(C)=O)sc3c2)n1. The molecule has 130 valence electrons. The molecule has 0 saturated heterocycles. The number of rotatable bonds is 7. The second-order valence-electron chi connectivity index (χ2n) is 5.53. The van der Waals surface area contributed by atoms with Crippen LogP contribution in [0.25, 0.3) is 21.5 Å². The van der Waals surface area contributed by atoms with Gasteiger partial charge in [0.15, 0.2) is 5.13 Å². The molecule has 3 N–H and O–H groups in total. The predicted octanol–water partition coefficient (Wildman–Crippen LogP) is 2.73. The Morgan fingerprint density at radius 2 is 2.08 bits per heavy atom. The number of nitrogens with zero attached hydrogens (tertiary/aromatic N) is 3. The van der Waals surface area contributed by atoms with Crippen LogP contribution in [0.5, 0.6) is 0 Å². The summed E-state index contributed by atoms with van der Waals surface area (Å²) in [4.78, 5) is 24.4. The number of amides is 1. The summed E-state index contributed by atoms with van der Waals surface area (Å²) in [5, 5.41) is 9.67. The fourth-order valence-electron chi connectivity index (χ4n) is 2.36. The van der Waals surface area contributed by atoms with Gasteiger partial charge in [-0.15, -0.1) is 0 Å². The van der Waals surface area contributed by atoms with Crippen LogP contribution in [-0.4, -0.2) is 41.0 Å². The molecule has 0 saturated carbocycles. The number of benzene rings is 1. The van der Waals surface area contributed by atoms with Gasteiger partial charge in [0.05, 0.1) is 15.9 Å². The van der Waals surface area contributed by atoms with Crippen molar-refractivity contribution < 1.29 is 4.79 Å². The van der Waals surface area contributed by atoms with Crippen molar-refractivity contribution >= 4 is 38.5 Å². The summed E-state index contributed by atoms with van der Waals surface area (Å²) in [6.45, 7) is 3.24. The predicted molar refractivity (Wildman–Crippen MR) is 102 cm³/mol. The molecule has 0 spiro atoms. The van der Waals surface area contributed by atoms with E-state index in [1.165, 1.54) is 18.3 Å². The molecule has 0 aliphatic rings. The molecule has 25 heavy (non-hydrogen) atoms. The van der Waals surface area contributed by atoms with E-state index in [1.54, 1.807) is 6.20 Å². The van der Waals surface area contributed by atoms with Gasteiger partial charge in [0, 0.05) is 25.2 Å². The van der Waals surface area contributed by atoms with Crippen LogP contribution < -0.4 is 16.0 Å². The molecule has 0 radical (unpaired) electrons. The van der Waals surface area contributed by atoms with Crippen LogP contribution in [0.4, 0.5) is 11.1 Å². The molecule has 1 aromatic carbocycles. The van der Waals surface area contributed by atoms with E-state index in [1.807, 2.05) is 31.3 Å². The maximum absolute atomic E-state index is 11.2. The average Bonchev–Trinajstić information content (AvgIpc) is 2.99. The maximum atomic E-state index is 11.2. The summed E-state index contributed by atoms with van der Waals surface area (Å²) in [5.41, 5.74) is 2.70. The third-order valence-electron chi connectivity index (χ3n) is 3.51. The van der Waals surface area contributed by atoms with Gasteiger partial charge in [-0.3, -0.25) is 4.79 Å². The molecule has 0 aliphatic carbocycles. The third kappa shape index (κ3) is 4.49. The van der Waals surface area contributed by atoms with Crippen molar-refractivity contribution in [3.05, 3.63) is 30.5 Å². The minimum atomic E-state index is -0.121. The van der Waals surface area contributed by atoms with E-state index >= 15 is 0 Å². The molecule has 7 nitrogen and oxygen atoms in total. The Kier molecular flexibility index (Phi) is 5.52. The largest absolute Gasteiger partial charge is 0.354 e. The van der Waals surface area contributed by atoms with Crippen molar-refractivity contribution in [2.24, 2.45) is 0 Å². The summed E-state index contributed by atoms with van der Waals surface area (Å²) < 4.78 is 1.00. The first-order valence-corrected chi connectivity index (χ1v) is 8.87. The van der Waals surface area contributed by atoms with Crippen LogP contribution in [0.15, 0.2) is 30.5 Å². The fraction of sp³-hybridized carbons (Fsp3) is 0.294. The maximum Gasteiger partial charge on any atom is 0.223 e. The number of carbonyl (C=O) groups is 1. The summed E-state index contributed by atoms with van der Waals surface area (Å²) in [7, 11) is 1.93. The minimum Gasteiger partial charge on any atom is -0.354 e. The number of thiazole rings is 1. The second-order valence-corrected chi connectivity index (χ2v) is 6.56. The molecular formula is C17H20N6OS. The van der Waals surface area contributed by atoms with Crippen LogP contribution in [-0.2, 0) is 4.79 Å². The molecular weight excluding hydrogens is 336 g/mol. The molecule has 0 unspecified atom stereocenters. The summed E-state index contributed by atoms with van der Waals surface area (Å²) >= 11 is 1.45. The van der Waals surface area contributed by atoms with E-state index in [4.69, 9.17) is 0 Å². The van der Waals surface area contributed by atoms with Crippen molar-refractivity contribution in [1.29, 1.82) is 0 Å². The number of fused-ring (bicyclic) bond motifs is 1. The van der Waals surface area contributed by atoms with Gasteiger partial charge in [0.1, 0.15) is 0 Å². The Labute approximate surface area is 149 Å². The summed E-state index contributed by atoms with van der Waals surface area (Å²) in [5.74, 6) is 0.501. The van der Waals surface area contributed by atoms with Crippen LogP contribution in [0.3, 0.4) is 0 Å². The molecule has 3 rings (SSSR count). The van der Waals surface area contributed by atoms with Crippen molar-refractivity contribution in [3.63, 3.8) is 0 Å². The zero-order chi connectivity index (χ0) is 17.6. The highest BCUT2D eigenvalue weighted by Crippen LogP contribution is 2.30. The Balaban J connectivity index is 1.79. The minimum absolute atomic E-state index is 0.121. The van der Waals surface area contributed by atoms with Crippen LogP contribution in [0.1, 0.15) is 13.3 Å². The lowest BCUT2D eigenvalue weighted by atomic mass is 10.1. The summed E-state index contributed by atoms with van der Waals surface area (Å²) in [6, 6.07) is 7.84. The summed E-state index contributed by atoms with van der Waals surface area (Å²) in [6.07, 6.45) is 2.76. The monoisotopic (exact) mass is 356 g/mol. The first-order chi connectivity index (χ1) is 12.2. The number of hydrogen-bond acceptors (Lipinski definition) is 7. The smallest absolute Gasteiger partial charge is 0.223 e. The van der Waals surface area contributed by atoms with E-state index in [9.17, 15) is 4.79 Å². The van der Waals surface area contributed by atoms with Crippen molar-refractivity contribution in [2.45, 2.75) is 13.3 Å². The third-order valence-corrected chi connectivity index (χ3v) is 4.44. The van der Waals surface area contributed by atoms with E-state index in [2.05, 4.69) is 30.9 Å². The molecule has 8 heteroatoms. The topological polar surface area (TPSA) is 91.8 Å². The lowest BCUT2D eigenvalue weighted by Crippen LogP contribution is -2.13. The van der Waals surface area contributed by atoms with Gasteiger partial charge in [-0.05, 0) is 38.2 Å². The van der Waals surface area contributed by atoms with E-state index in [0.717, 1.165) is 41.0 Å². The zero-order valence-corrected chi connectivity index (χ0v) is 15.0. The van der Waals surface area contributed by atoms with Crippen LogP contribution in [0.2, 0.25) is 0 Å². The van der Waals surface area contributed by atoms with E-state index < -0.39 is 0 Å². The highest BCUT2D eigenvalue weighted by molar-refractivity contribution is 7.22. The highest BCUT2D eigenvalue weighted by atomic mass is 32.1. The normalized spacial score (nSPS) is 10.8. The Morgan fingerprint density at radius 1 is 1.20 bits per heavy atom. The van der Waals surface area contributed by atoms with Crippen LogP contribution in [0, 0.1) is 0 Å². The Bertz CT molecular complexity index is 878. The zero-order valence-electron chi connectivity index (χ0n) is 14.2. The molecule has 0 fully saturated rings. The van der Waals surface area contributed by atoms with Crippen molar-refractivity contribution in [2.75, 3.05) is 30.8 Å². The molecule has 3 aromatic rings. The molecule has 0 bridgehead atoms. The number of carbonyl (C=O) groups excluding carboxylic acids is 1. The first-order valence-electron chi connectivity index (χ1n) is 8.06. The van der Waals surface area contributed by atoms with E-state index in [0.29, 0.717) is 11.1 Å². The van der Waals surface area contributed by atoms with Crippen LogP contribution >= 0.6 is 11.3 Å². The Morgan fingerprint density at radius 3 is 2.88 bits per heavy atom. The number of aromatic nitrogens is 3. The quantitative estimate of drug-likeness (QED) is 0.564. The Hall–Kier alpha value is -2.58. The highest BCUT2D eigenvalue weighted by Gasteiger charge is 2.08. The van der Waals surface area contributed by atoms with Gasteiger partial charge >= 0.3 is 0 Å². The first kappa shape index (κ1) is 17.2. The van der Waals surface area contributed by atoms with Gasteiger partial charge in [0.25, 0.3) is 0 Å². The van der Waals surface area contributed by atoms with Crippen molar-refractivity contribution in [3.8, 4) is 11.3 Å². The fourth-order valence-corrected chi connectivity index (χ4v) is 3.31. The van der Waals surface area contributed by atoms with Gasteiger partial charge < -0.3 is 16.0 Å². The lowest BCUT2D eigenvalue weighted by Gasteiger charge is -2.06. The number of hydrogen-bond donors (Lipinski definition) is 3. The molecule has 2 heterocycles. The number of anilines is 2. The van der Waals surface area contributed by atoms with Gasteiger partial charge in [-0.2, -0.15) is 0 Å². The standard InChI is InChI=1S/C17H20N6OS/c1-11(24)21-17-23-14-5-4-12(10-15(14)25-17)13-6-9-20-16(22-13)19-8-3-7-18-2/h4-6,9-10,18H,3,7-8H2,1-2H3,(H,19,20,22)(H,21,23,24). The lowest BCUT2D eigenvalue weighted by molar-refractivity contribution is -0.114. The molecule has 1 amide bonds. The second kappa shape index (κ2) is 8.00. The van der Waals surface area contributed by atoms with Gasteiger partial charge in [-0.25, -0.2) is 15.0 Å². The van der Waals surface area contributed by atoms with Gasteiger partial charge in [-0.1, -0.05) is 17.4 Å². The van der Waals surface area contributed by atoms with E-state index in [-0.39, 0.29) is 5.91 Å². The molecule has 2 aromatic heterocycles. The molecule has 0 aliphatic heterocycles.